The molecule has 6 heteroatoms. The van der Waals surface area contributed by atoms with Gasteiger partial charge < -0.3 is 20.5 Å². The molecule has 1 aromatic carbocycles. The second-order valence-electron chi connectivity index (χ2n) is 5.83. The standard InChI is InChI=1S/C15H19FN2O3/c16-15(3-5-18(6-4-15)14(19)20)11-2-1-10-7-12(17)9-21-13(10)8-11/h1-2,8,12H,3-7,9,17H2,(H,19,20)/t12-/m0/s1. The molecule has 3 rings (SSSR count). The van der Waals surface area contributed by atoms with E-state index in [-0.39, 0.29) is 32.0 Å². The number of hydrogen-bond donors (Lipinski definition) is 2. The van der Waals surface area contributed by atoms with Crippen molar-refractivity contribution in [3.8, 4) is 5.75 Å². The predicted octanol–water partition coefficient (Wildman–Crippen LogP) is 1.89. The number of nitrogens with two attached hydrogens (primary N) is 1. The lowest BCUT2D eigenvalue weighted by molar-refractivity contribution is 0.0549. The number of carbonyl (C=O) groups is 1. The summed E-state index contributed by atoms with van der Waals surface area (Å²) in [5.41, 5.74) is 5.93. The number of alkyl halides is 1. The molecule has 114 valence electrons. The fourth-order valence-electron chi connectivity index (χ4n) is 3.02. The van der Waals surface area contributed by atoms with E-state index in [4.69, 9.17) is 15.6 Å². The van der Waals surface area contributed by atoms with Crippen molar-refractivity contribution in [2.24, 2.45) is 5.73 Å². The number of carboxylic acid groups (broad SMARTS) is 1. The van der Waals surface area contributed by atoms with E-state index in [0.29, 0.717) is 17.9 Å². The van der Waals surface area contributed by atoms with Crippen molar-refractivity contribution in [2.45, 2.75) is 31.0 Å². The Labute approximate surface area is 122 Å². The van der Waals surface area contributed by atoms with Crippen molar-refractivity contribution in [2.75, 3.05) is 19.7 Å². The number of rotatable bonds is 1. The zero-order chi connectivity index (χ0) is 15.0. The summed E-state index contributed by atoms with van der Waals surface area (Å²) in [6.07, 6.45) is 0.108. The summed E-state index contributed by atoms with van der Waals surface area (Å²) >= 11 is 0. The van der Waals surface area contributed by atoms with Crippen molar-refractivity contribution in [1.82, 2.24) is 4.90 Å². The van der Waals surface area contributed by atoms with Crippen LogP contribution in [-0.2, 0) is 12.1 Å². The molecule has 0 aliphatic carbocycles. The SMILES string of the molecule is N[C@@H]1COc2cc(C3(F)CCN(C(=O)O)CC3)ccc2C1. The molecule has 2 heterocycles. The van der Waals surface area contributed by atoms with Crippen LogP contribution in [0.5, 0.6) is 5.75 Å². The van der Waals surface area contributed by atoms with E-state index >= 15 is 4.39 Å². The van der Waals surface area contributed by atoms with E-state index in [9.17, 15) is 4.79 Å². The van der Waals surface area contributed by atoms with Crippen LogP contribution in [0.4, 0.5) is 9.18 Å². The first-order valence-electron chi connectivity index (χ1n) is 7.16. The van der Waals surface area contributed by atoms with Gasteiger partial charge in [-0.15, -0.1) is 0 Å². The Bertz CT molecular complexity index is 556. The Morgan fingerprint density at radius 2 is 2.14 bits per heavy atom. The summed E-state index contributed by atoms with van der Waals surface area (Å²) in [6.45, 7) is 0.881. The largest absolute Gasteiger partial charge is 0.492 e. The van der Waals surface area contributed by atoms with Crippen molar-refractivity contribution in [3.63, 3.8) is 0 Å². The van der Waals surface area contributed by atoms with Crippen molar-refractivity contribution in [1.29, 1.82) is 0 Å². The first kappa shape index (κ1) is 14.1. The minimum Gasteiger partial charge on any atom is -0.492 e. The molecule has 2 aliphatic rings. The Morgan fingerprint density at radius 3 is 2.81 bits per heavy atom. The van der Waals surface area contributed by atoms with Gasteiger partial charge in [0.1, 0.15) is 18.0 Å². The number of amides is 1. The Balaban J connectivity index is 1.79. The van der Waals surface area contributed by atoms with Crippen LogP contribution in [-0.4, -0.2) is 41.8 Å². The number of piperidine rings is 1. The number of hydrogen-bond acceptors (Lipinski definition) is 3. The summed E-state index contributed by atoms with van der Waals surface area (Å²) in [5, 5.41) is 8.93. The molecule has 0 saturated carbocycles. The van der Waals surface area contributed by atoms with Gasteiger partial charge in [0, 0.05) is 32.0 Å². The van der Waals surface area contributed by atoms with E-state index in [0.717, 1.165) is 12.0 Å². The van der Waals surface area contributed by atoms with Crippen LogP contribution in [0.2, 0.25) is 0 Å². The van der Waals surface area contributed by atoms with E-state index in [1.807, 2.05) is 6.07 Å². The highest BCUT2D eigenvalue weighted by molar-refractivity contribution is 5.65. The number of halogens is 1. The predicted molar refractivity (Wildman–Crippen MR) is 75.2 cm³/mol. The first-order valence-corrected chi connectivity index (χ1v) is 7.16. The van der Waals surface area contributed by atoms with Gasteiger partial charge in [0.15, 0.2) is 0 Å². The minimum atomic E-state index is -1.48. The molecular weight excluding hydrogens is 275 g/mol. The van der Waals surface area contributed by atoms with Gasteiger partial charge in [0.05, 0.1) is 0 Å². The van der Waals surface area contributed by atoms with Crippen LogP contribution < -0.4 is 10.5 Å². The molecule has 1 atom stereocenters. The topological polar surface area (TPSA) is 75.8 Å². The van der Waals surface area contributed by atoms with Gasteiger partial charge in [-0.05, 0) is 23.6 Å². The van der Waals surface area contributed by atoms with E-state index < -0.39 is 11.8 Å². The normalized spacial score (nSPS) is 24.1. The fraction of sp³-hybridized carbons (Fsp3) is 0.533. The molecule has 5 nitrogen and oxygen atoms in total. The molecule has 1 fully saturated rings. The number of benzene rings is 1. The van der Waals surface area contributed by atoms with Gasteiger partial charge in [0.25, 0.3) is 0 Å². The van der Waals surface area contributed by atoms with Gasteiger partial charge in [-0.3, -0.25) is 0 Å². The molecule has 3 N–H and O–H groups in total. The molecule has 1 saturated heterocycles. The quantitative estimate of drug-likeness (QED) is 0.829. The molecule has 2 aliphatic heterocycles. The average Bonchev–Trinajstić information content (AvgIpc) is 2.47. The van der Waals surface area contributed by atoms with Gasteiger partial charge in [0.2, 0.25) is 0 Å². The molecule has 0 unspecified atom stereocenters. The van der Waals surface area contributed by atoms with E-state index in [1.165, 1.54) is 4.90 Å². The van der Waals surface area contributed by atoms with E-state index in [1.54, 1.807) is 12.1 Å². The van der Waals surface area contributed by atoms with Crippen molar-refractivity contribution in [3.05, 3.63) is 29.3 Å². The van der Waals surface area contributed by atoms with Gasteiger partial charge in [-0.2, -0.15) is 0 Å². The molecule has 0 aromatic heterocycles. The van der Waals surface area contributed by atoms with Gasteiger partial charge in [-0.1, -0.05) is 12.1 Å². The van der Waals surface area contributed by atoms with Crippen LogP contribution in [0.15, 0.2) is 18.2 Å². The summed E-state index contributed by atoms with van der Waals surface area (Å²) < 4.78 is 20.7. The number of ether oxygens (including phenoxy) is 1. The van der Waals surface area contributed by atoms with Crippen LogP contribution >= 0.6 is 0 Å². The second kappa shape index (κ2) is 5.18. The Morgan fingerprint density at radius 1 is 1.43 bits per heavy atom. The zero-order valence-electron chi connectivity index (χ0n) is 11.7. The Hall–Kier alpha value is -1.82. The smallest absolute Gasteiger partial charge is 0.407 e. The summed E-state index contributed by atoms with van der Waals surface area (Å²) in [7, 11) is 0. The number of nitrogens with zero attached hydrogens (tertiary/aromatic N) is 1. The van der Waals surface area contributed by atoms with Crippen molar-refractivity contribution < 1.29 is 19.0 Å². The highest BCUT2D eigenvalue weighted by atomic mass is 19.1. The molecule has 0 radical (unpaired) electrons. The monoisotopic (exact) mass is 294 g/mol. The second-order valence-corrected chi connectivity index (χ2v) is 5.83. The molecular formula is C15H19FN2O3. The van der Waals surface area contributed by atoms with E-state index in [2.05, 4.69) is 0 Å². The number of likely N-dealkylation sites (tertiary alicyclic amines) is 1. The summed E-state index contributed by atoms with van der Waals surface area (Å²) in [6, 6.07) is 5.38. The van der Waals surface area contributed by atoms with Gasteiger partial charge in [-0.25, -0.2) is 9.18 Å². The van der Waals surface area contributed by atoms with Crippen LogP contribution in [0.3, 0.4) is 0 Å². The number of fused-ring (bicyclic) bond motifs is 1. The molecule has 0 spiro atoms. The first-order chi connectivity index (χ1) is 9.98. The van der Waals surface area contributed by atoms with Crippen LogP contribution in [0, 0.1) is 0 Å². The summed E-state index contributed by atoms with van der Waals surface area (Å²) in [5.74, 6) is 0.701. The van der Waals surface area contributed by atoms with Crippen molar-refractivity contribution >= 4 is 6.09 Å². The maximum atomic E-state index is 15.1. The van der Waals surface area contributed by atoms with Crippen LogP contribution in [0.25, 0.3) is 0 Å². The maximum Gasteiger partial charge on any atom is 0.407 e. The van der Waals surface area contributed by atoms with Crippen LogP contribution in [0.1, 0.15) is 24.0 Å². The third-order valence-electron chi connectivity index (χ3n) is 4.35. The molecule has 0 bridgehead atoms. The fourth-order valence-corrected chi connectivity index (χ4v) is 3.02. The lowest BCUT2D eigenvalue weighted by Crippen LogP contribution is -2.42. The maximum absolute atomic E-state index is 15.1. The minimum absolute atomic E-state index is 0.0125. The highest BCUT2D eigenvalue weighted by Crippen LogP contribution is 2.39. The lowest BCUT2D eigenvalue weighted by Gasteiger charge is -2.36. The third-order valence-corrected chi connectivity index (χ3v) is 4.35. The average molecular weight is 294 g/mol. The highest BCUT2D eigenvalue weighted by Gasteiger charge is 2.38. The molecule has 1 aromatic rings. The summed E-state index contributed by atoms with van der Waals surface area (Å²) in [4.78, 5) is 12.2. The van der Waals surface area contributed by atoms with Gasteiger partial charge >= 0.3 is 6.09 Å². The third kappa shape index (κ3) is 2.68. The zero-order valence-corrected chi connectivity index (χ0v) is 11.7. The molecule has 1 amide bonds. The lowest BCUT2D eigenvalue weighted by atomic mass is 9.85. The Kier molecular flexibility index (Phi) is 3.49. The molecule has 21 heavy (non-hydrogen) atoms.